The molecule has 2 aromatic rings. The standard InChI is InChI=1S/C18H17F4N3O/c19-13-5-3-12(4-6-13)16(18(20,21)22)24-17(26)15-11-14(7-8-23-15)25-9-1-2-10-25/h3-8,11,16H,1-2,9-10H2,(H,24,26)/t16-/m0/s1. The molecule has 1 aliphatic rings. The molecule has 0 unspecified atom stereocenters. The topological polar surface area (TPSA) is 45.2 Å². The van der Waals surface area contributed by atoms with Crippen LogP contribution in [-0.2, 0) is 0 Å². The first-order valence-electron chi connectivity index (χ1n) is 8.18. The second-order valence-corrected chi connectivity index (χ2v) is 6.09. The summed E-state index contributed by atoms with van der Waals surface area (Å²) < 4.78 is 53.1. The molecule has 1 aromatic carbocycles. The Morgan fingerprint density at radius 1 is 1.12 bits per heavy atom. The first-order valence-corrected chi connectivity index (χ1v) is 8.18. The molecule has 8 heteroatoms. The van der Waals surface area contributed by atoms with Crippen molar-refractivity contribution in [2.75, 3.05) is 18.0 Å². The Balaban J connectivity index is 1.81. The molecule has 0 spiro atoms. The highest BCUT2D eigenvalue weighted by Gasteiger charge is 2.42. The van der Waals surface area contributed by atoms with E-state index in [-0.39, 0.29) is 11.3 Å². The zero-order valence-electron chi connectivity index (χ0n) is 13.8. The Kier molecular flexibility index (Phi) is 5.11. The lowest BCUT2D eigenvalue weighted by molar-refractivity contribution is -0.155. The lowest BCUT2D eigenvalue weighted by Gasteiger charge is -2.22. The number of nitrogens with one attached hydrogen (secondary N) is 1. The fourth-order valence-electron chi connectivity index (χ4n) is 2.93. The van der Waals surface area contributed by atoms with Crippen molar-refractivity contribution >= 4 is 11.6 Å². The van der Waals surface area contributed by atoms with Crippen LogP contribution in [-0.4, -0.2) is 30.2 Å². The van der Waals surface area contributed by atoms with Crippen molar-refractivity contribution in [3.63, 3.8) is 0 Å². The first kappa shape index (κ1) is 18.2. The molecule has 1 fully saturated rings. The molecule has 138 valence electrons. The summed E-state index contributed by atoms with van der Waals surface area (Å²) in [5.41, 5.74) is 0.418. The third kappa shape index (κ3) is 4.12. The fraction of sp³-hybridized carbons (Fsp3) is 0.333. The zero-order chi connectivity index (χ0) is 18.7. The third-order valence-electron chi connectivity index (χ3n) is 4.25. The van der Waals surface area contributed by atoms with Crippen LogP contribution in [0, 0.1) is 5.82 Å². The normalized spacial score (nSPS) is 15.8. The van der Waals surface area contributed by atoms with Gasteiger partial charge in [-0.3, -0.25) is 9.78 Å². The minimum Gasteiger partial charge on any atom is -0.371 e. The van der Waals surface area contributed by atoms with Crippen molar-refractivity contribution in [2.45, 2.75) is 25.1 Å². The van der Waals surface area contributed by atoms with Crippen LogP contribution in [0.15, 0.2) is 42.6 Å². The molecule has 0 aliphatic carbocycles. The van der Waals surface area contributed by atoms with Crippen LogP contribution in [0.25, 0.3) is 0 Å². The van der Waals surface area contributed by atoms with Gasteiger partial charge in [-0.1, -0.05) is 12.1 Å². The summed E-state index contributed by atoms with van der Waals surface area (Å²) in [6.07, 6.45) is -1.25. The van der Waals surface area contributed by atoms with Gasteiger partial charge in [0.1, 0.15) is 11.5 Å². The van der Waals surface area contributed by atoms with Gasteiger partial charge >= 0.3 is 6.18 Å². The second kappa shape index (κ2) is 7.31. The van der Waals surface area contributed by atoms with Crippen molar-refractivity contribution in [1.29, 1.82) is 0 Å². The summed E-state index contributed by atoms with van der Waals surface area (Å²) in [5.74, 6) is -1.58. The molecule has 2 heterocycles. The number of alkyl halides is 3. The lowest BCUT2D eigenvalue weighted by Crippen LogP contribution is -2.38. The van der Waals surface area contributed by atoms with E-state index in [0.717, 1.165) is 55.9 Å². The van der Waals surface area contributed by atoms with Crippen molar-refractivity contribution in [2.24, 2.45) is 0 Å². The quantitative estimate of drug-likeness (QED) is 0.835. The molecule has 1 aliphatic heterocycles. The Labute approximate surface area is 147 Å². The summed E-state index contributed by atoms with van der Waals surface area (Å²) in [7, 11) is 0. The predicted molar refractivity (Wildman–Crippen MR) is 88.3 cm³/mol. The molecule has 0 radical (unpaired) electrons. The van der Waals surface area contributed by atoms with Crippen molar-refractivity contribution in [1.82, 2.24) is 10.3 Å². The maximum atomic E-state index is 13.4. The van der Waals surface area contributed by atoms with E-state index in [1.165, 1.54) is 12.3 Å². The highest BCUT2D eigenvalue weighted by atomic mass is 19.4. The number of anilines is 1. The summed E-state index contributed by atoms with van der Waals surface area (Å²) in [5, 5.41) is 1.96. The number of carbonyl (C=O) groups excluding carboxylic acids is 1. The molecule has 26 heavy (non-hydrogen) atoms. The van der Waals surface area contributed by atoms with Gasteiger partial charge < -0.3 is 10.2 Å². The maximum Gasteiger partial charge on any atom is 0.412 e. The number of hydrogen-bond donors (Lipinski definition) is 1. The van der Waals surface area contributed by atoms with Crippen LogP contribution < -0.4 is 10.2 Å². The van der Waals surface area contributed by atoms with Gasteiger partial charge in [0.25, 0.3) is 5.91 Å². The molecule has 1 amide bonds. The second-order valence-electron chi connectivity index (χ2n) is 6.09. The highest BCUT2D eigenvalue weighted by molar-refractivity contribution is 5.93. The van der Waals surface area contributed by atoms with Crippen LogP contribution in [0.5, 0.6) is 0 Å². The van der Waals surface area contributed by atoms with Crippen molar-refractivity contribution in [3.05, 3.63) is 59.7 Å². The molecule has 1 aromatic heterocycles. The van der Waals surface area contributed by atoms with E-state index in [1.54, 1.807) is 6.07 Å². The number of aromatic nitrogens is 1. The van der Waals surface area contributed by atoms with E-state index in [1.807, 2.05) is 5.32 Å². The molecular weight excluding hydrogens is 350 g/mol. The Hall–Kier alpha value is -2.64. The van der Waals surface area contributed by atoms with E-state index in [0.29, 0.717) is 0 Å². The van der Waals surface area contributed by atoms with Crippen molar-refractivity contribution < 1.29 is 22.4 Å². The van der Waals surface area contributed by atoms with E-state index in [4.69, 9.17) is 0 Å². The Morgan fingerprint density at radius 3 is 2.38 bits per heavy atom. The molecular formula is C18H17F4N3O. The van der Waals surface area contributed by atoms with Crippen molar-refractivity contribution in [3.8, 4) is 0 Å². The number of nitrogens with zero attached hydrogens (tertiary/aromatic N) is 2. The monoisotopic (exact) mass is 367 g/mol. The molecule has 0 bridgehead atoms. The Bertz CT molecular complexity index is 771. The van der Waals surface area contributed by atoms with Gasteiger partial charge in [0, 0.05) is 25.0 Å². The number of pyridine rings is 1. The maximum absolute atomic E-state index is 13.4. The molecule has 0 saturated carbocycles. The van der Waals surface area contributed by atoms with Crippen LogP contribution in [0.2, 0.25) is 0 Å². The molecule has 1 N–H and O–H groups in total. The van der Waals surface area contributed by atoms with E-state index >= 15 is 0 Å². The van der Waals surface area contributed by atoms with Gasteiger partial charge in [-0.05, 0) is 42.7 Å². The summed E-state index contributed by atoms with van der Waals surface area (Å²) in [6, 6.07) is 4.82. The first-order chi connectivity index (χ1) is 12.3. The summed E-state index contributed by atoms with van der Waals surface area (Å²) >= 11 is 0. The number of hydrogen-bond acceptors (Lipinski definition) is 3. The van der Waals surface area contributed by atoms with E-state index < -0.39 is 23.9 Å². The highest BCUT2D eigenvalue weighted by Crippen LogP contribution is 2.33. The number of amides is 1. The molecule has 3 rings (SSSR count). The Morgan fingerprint density at radius 2 is 1.77 bits per heavy atom. The largest absolute Gasteiger partial charge is 0.412 e. The van der Waals surface area contributed by atoms with Gasteiger partial charge in [0.15, 0.2) is 6.04 Å². The van der Waals surface area contributed by atoms with Crippen LogP contribution in [0.4, 0.5) is 23.2 Å². The van der Waals surface area contributed by atoms with Crippen LogP contribution in [0.1, 0.15) is 34.9 Å². The fourth-order valence-corrected chi connectivity index (χ4v) is 2.93. The summed E-state index contributed by atoms with van der Waals surface area (Å²) in [4.78, 5) is 18.3. The van der Waals surface area contributed by atoms with Crippen LogP contribution in [0.3, 0.4) is 0 Å². The lowest BCUT2D eigenvalue weighted by atomic mass is 10.1. The molecule has 1 atom stereocenters. The molecule has 1 saturated heterocycles. The number of carbonyl (C=O) groups is 1. The predicted octanol–water partition coefficient (Wildman–Crippen LogP) is 3.85. The van der Waals surface area contributed by atoms with Gasteiger partial charge in [0.2, 0.25) is 0 Å². The average Bonchev–Trinajstić information content (AvgIpc) is 3.14. The number of benzene rings is 1. The van der Waals surface area contributed by atoms with Gasteiger partial charge in [-0.2, -0.15) is 13.2 Å². The zero-order valence-corrected chi connectivity index (χ0v) is 13.8. The smallest absolute Gasteiger partial charge is 0.371 e. The van der Waals surface area contributed by atoms with E-state index in [9.17, 15) is 22.4 Å². The number of halogens is 4. The van der Waals surface area contributed by atoms with Crippen LogP contribution >= 0.6 is 0 Å². The average molecular weight is 367 g/mol. The minimum absolute atomic E-state index is 0.0919. The van der Waals surface area contributed by atoms with Gasteiger partial charge in [-0.25, -0.2) is 4.39 Å². The van der Waals surface area contributed by atoms with E-state index in [2.05, 4.69) is 9.88 Å². The molecule has 4 nitrogen and oxygen atoms in total. The summed E-state index contributed by atoms with van der Waals surface area (Å²) in [6.45, 7) is 1.68. The number of rotatable bonds is 4. The van der Waals surface area contributed by atoms with Gasteiger partial charge in [-0.15, -0.1) is 0 Å². The minimum atomic E-state index is -4.72. The third-order valence-corrected chi connectivity index (χ3v) is 4.25. The SMILES string of the molecule is O=C(N[C@@H](c1ccc(F)cc1)C(F)(F)F)c1cc(N2CCCC2)ccn1. The van der Waals surface area contributed by atoms with Gasteiger partial charge in [0.05, 0.1) is 0 Å².